The molecule has 21 heavy (non-hydrogen) atoms. The van der Waals surface area contributed by atoms with Crippen LogP contribution in [-0.4, -0.2) is 9.55 Å². The maximum Gasteiger partial charge on any atom is 0.263 e. The molecule has 2 aromatic heterocycles. The van der Waals surface area contributed by atoms with Crippen molar-refractivity contribution < 1.29 is 0 Å². The molecule has 0 aliphatic heterocycles. The van der Waals surface area contributed by atoms with Crippen LogP contribution in [0.25, 0.3) is 10.2 Å². The van der Waals surface area contributed by atoms with Crippen molar-refractivity contribution in [3.8, 4) is 0 Å². The number of rotatable bonds is 3. The van der Waals surface area contributed by atoms with Gasteiger partial charge in [-0.05, 0) is 56.3 Å². The van der Waals surface area contributed by atoms with Crippen molar-refractivity contribution in [1.29, 1.82) is 0 Å². The number of aryl methyl sites for hydroxylation is 2. The molecule has 0 saturated heterocycles. The summed E-state index contributed by atoms with van der Waals surface area (Å²) < 4.78 is 2.39. The van der Waals surface area contributed by atoms with Crippen LogP contribution < -0.4 is 5.56 Å². The predicted molar refractivity (Wildman–Crippen MR) is 91.9 cm³/mol. The van der Waals surface area contributed by atoms with E-state index in [-0.39, 0.29) is 11.0 Å². The second-order valence-electron chi connectivity index (χ2n) is 6.37. The van der Waals surface area contributed by atoms with Crippen LogP contribution in [0.15, 0.2) is 4.79 Å². The first kappa shape index (κ1) is 15.0. The number of H-pyrrole nitrogens is 1. The number of fused-ring (bicyclic) bond motifs is 1. The second kappa shape index (κ2) is 5.36. The summed E-state index contributed by atoms with van der Waals surface area (Å²) in [6, 6.07) is 0. The van der Waals surface area contributed by atoms with Crippen molar-refractivity contribution in [3.05, 3.63) is 25.6 Å². The molecule has 1 N–H and O–H groups in total. The number of nitrogens with zero attached hydrogens (tertiary/aromatic N) is 1. The zero-order valence-corrected chi connectivity index (χ0v) is 14.5. The molecule has 3 nitrogen and oxygen atoms in total. The highest BCUT2D eigenvalue weighted by molar-refractivity contribution is 7.71. The molecule has 0 aromatic carbocycles. The van der Waals surface area contributed by atoms with Gasteiger partial charge in [0.15, 0.2) is 4.77 Å². The molecule has 114 valence electrons. The molecule has 0 atom stereocenters. The van der Waals surface area contributed by atoms with Gasteiger partial charge in [-0.15, -0.1) is 11.3 Å². The van der Waals surface area contributed by atoms with Crippen LogP contribution in [0.1, 0.15) is 49.5 Å². The highest BCUT2D eigenvalue weighted by Crippen LogP contribution is 2.42. The first-order valence-corrected chi connectivity index (χ1v) is 8.93. The van der Waals surface area contributed by atoms with Crippen molar-refractivity contribution in [2.24, 2.45) is 5.41 Å². The van der Waals surface area contributed by atoms with Gasteiger partial charge >= 0.3 is 0 Å². The van der Waals surface area contributed by atoms with E-state index in [9.17, 15) is 4.79 Å². The summed E-state index contributed by atoms with van der Waals surface area (Å²) in [6.45, 7) is 7.09. The number of aromatic amines is 1. The lowest BCUT2D eigenvalue weighted by atomic mass is 9.83. The topological polar surface area (TPSA) is 37.8 Å². The summed E-state index contributed by atoms with van der Waals surface area (Å²) in [5.41, 5.74) is 1.45. The zero-order chi connectivity index (χ0) is 15.2. The molecule has 2 heterocycles. The Balaban J connectivity index is 2.17. The van der Waals surface area contributed by atoms with Gasteiger partial charge in [-0.1, -0.05) is 19.8 Å². The first-order chi connectivity index (χ1) is 9.97. The van der Waals surface area contributed by atoms with Gasteiger partial charge in [0, 0.05) is 11.4 Å². The Labute approximate surface area is 134 Å². The minimum atomic E-state index is 0.0929. The molecule has 0 radical (unpaired) electrons. The van der Waals surface area contributed by atoms with Crippen LogP contribution in [0.3, 0.4) is 0 Å². The Hall–Kier alpha value is -0.940. The standard InChI is InChI=1S/C16H22N2OS2/c1-4-16(7-5-6-8-16)9-18-14(19)12-10(2)11(3)21-13(12)17-15(18)20/h4-9H2,1-3H3,(H,17,20). The molecule has 1 saturated carbocycles. The van der Waals surface area contributed by atoms with Crippen LogP contribution in [0.4, 0.5) is 0 Å². The average molecular weight is 322 g/mol. The molecule has 2 aromatic rings. The summed E-state index contributed by atoms with van der Waals surface area (Å²) >= 11 is 7.09. The maximum atomic E-state index is 12.9. The van der Waals surface area contributed by atoms with Gasteiger partial charge in [0.2, 0.25) is 0 Å². The summed E-state index contributed by atoms with van der Waals surface area (Å²) in [7, 11) is 0. The monoisotopic (exact) mass is 322 g/mol. The molecule has 1 aliphatic carbocycles. The van der Waals surface area contributed by atoms with Gasteiger partial charge in [-0.25, -0.2) is 0 Å². The normalized spacial score (nSPS) is 17.7. The van der Waals surface area contributed by atoms with Gasteiger partial charge in [0.1, 0.15) is 4.83 Å². The lowest BCUT2D eigenvalue weighted by Crippen LogP contribution is -2.31. The van der Waals surface area contributed by atoms with E-state index >= 15 is 0 Å². The third-order valence-electron chi connectivity index (χ3n) is 5.22. The number of nitrogens with one attached hydrogen (secondary N) is 1. The van der Waals surface area contributed by atoms with Crippen LogP contribution in [0, 0.1) is 24.0 Å². The van der Waals surface area contributed by atoms with Crippen LogP contribution in [-0.2, 0) is 6.54 Å². The van der Waals surface area contributed by atoms with Crippen molar-refractivity contribution in [2.45, 2.75) is 59.4 Å². The summed E-state index contributed by atoms with van der Waals surface area (Å²) in [5.74, 6) is 0. The molecule has 5 heteroatoms. The molecular formula is C16H22N2OS2. The van der Waals surface area contributed by atoms with Gasteiger partial charge in [-0.3, -0.25) is 9.36 Å². The van der Waals surface area contributed by atoms with Crippen LogP contribution >= 0.6 is 23.6 Å². The molecule has 3 rings (SSSR count). The van der Waals surface area contributed by atoms with Crippen molar-refractivity contribution in [3.63, 3.8) is 0 Å². The Bertz CT molecular complexity index is 791. The summed E-state index contributed by atoms with van der Waals surface area (Å²) in [6.07, 6.45) is 6.10. The summed E-state index contributed by atoms with van der Waals surface area (Å²) in [5, 5.41) is 0.829. The number of hydrogen-bond acceptors (Lipinski definition) is 3. The Morgan fingerprint density at radius 2 is 2.00 bits per heavy atom. The van der Waals surface area contributed by atoms with Gasteiger partial charge in [0.25, 0.3) is 5.56 Å². The van der Waals surface area contributed by atoms with Crippen molar-refractivity contribution >= 4 is 33.8 Å². The van der Waals surface area contributed by atoms with E-state index in [4.69, 9.17) is 12.2 Å². The fourth-order valence-electron chi connectivity index (χ4n) is 3.59. The summed E-state index contributed by atoms with van der Waals surface area (Å²) in [4.78, 5) is 18.3. The number of hydrogen-bond donors (Lipinski definition) is 1. The SMILES string of the molecule is CCC1(Cn2c(=S)[nH]c3sc(C)c(C)c3c2=O)CCCC1. The van der Waals surface area contributed by atoms with Crippen LogP contribution in [0.2, 0.25) is 0 Å². The van der Waals surface area contributed by atoms with E-state index in [2.05, 4.69) is 18.8 Å². The molecule has 0 spiro atoms. The maximum absolute atomic E-state index is 12.9. The quantitative estimate of drug-likeness (QED) is 0.831. The minimum absolute atomic E-state index is 0.0929. The smallest absolute Gasteiger partial charge is 0.263 e. The molecular weight excluding hydrogens is 300 g/mol. The predicted octanol–water partition coefficient (Wildman–Crippen LogP) is 4.71. The van der Waals surface area contributed by atoms with Crippen molar-refractivity contribution in [1.82, 2.24) is 9.55 Å². The fraction of sp³-hybridized carbons (Fsp3) is 0.625. The first-order valence-electron chi connectivity index (χ1n) is 7.70. The Morgan fingerprint density at radius 3 is 2.62 bits per heavy atom. The molecule has 0 bridgehead atoms. The molecule has 0 amide bonds. The average Bonchev–Trinajstić information content (AvgIpc) is 3.02. The van der Waals surface area contributed by atoms with E-state index in [1.807, 2.05) is 11.5 Å². The van der Waals surface area contributed by atoms with E-state index in [0.717, 1.165) is 28.7 Å². The largest absolute Gasteiger partial charge is 0.323 e. The second-order valence-corrected chi connectivity index (χ2v) is 7.98. The highest BCUT2D eigenvalue weighted by atomic mass is 32.1. The van der Waals surface area contributed by atoms with Crippen molar-refractivity contribution in [2.75, 3.05) is 0 Å². The lowest BCUT2D eigenvalue weighted by molar-refractivity contribution is 0.232. The van der Waals surface area contributed by atoms with E-state index in [1.54, 1.807) is 11.3 Å². The Kier molecular flexibility index (Phi) is 3.82. The van der Waals surface area contributed by atoms with E-state index < -0.39 is 0 Å². The molecule has 1 aliphatic rings. The number of thiophene rings is 1. The minimum Gasteiger partial charge on any atom is -0.323 e. The van der Waals surface area contributed by atoms with Gasteiger partial charge in [-0.2, -0.15) is 0 Å². The fourth-order valence-corrected chi connectivity index (χ4v) is 4.96. The van der Waals surface area contributed by atoms with Crippen LogP contribution in [0.5, 0.6) is 0 Å². The third kappa shape index (κ3) is 2.40. The van der Waals surface area contributed by atoms with Gasteiger partial charge < -0.3 is 4.98 Å². The lowest BCUT2D eigenvalue weighted by Gasteiger charge is -2.28. The highest BCUT2D eigenvalue weighted by Gasteiger charge is 2.33. The van der Waals surface area contributed by atoms with E-state index in [0.29, 0.717) is 4.77 Å². The Morgan fingerprint density at radius 1 is 1.33 bits per heavy atom. The third-order valence-corrected chi connectivity index (χ3v) is 6.66. The molecule has 0 unspecified atom stereocenters. The van der Waals surface area contributed by atoms with E-state index in [1.165, 1.54) is 30.6 Å². The van der Waals surface area contributed by atoms with Gasteiger partial charge in [0.05, 0.1) is 5.39 Å². The number of aromatic nitrogens is 2. The molecule has 1 fully saturated rings. The zero-order valence-electron chi connectivity index (χ0n) is 12.9.